The van der Waals surface area contributed by atoms with Crippen molar-refractivity contribution < 1.29 is 14.3 Å². The van der Waals surface area contributed by atoms with Crippen molar-refractivity contribution in [1.82, 2.24) is 10.6 Å². The minimum atomic E-state index is -0.156. The van der Waals surface area contributed by atoms with Crippen LogP contribution >= 0.6 is 0 Å². The quantitative estimate of drug-likeness (QED) is 0.720. The van der Waals surface area contributed by atoms with Crippen LogP contribution in [0.4, 0.5) is 0 Å². The predicted octanol–water partition coefficient (Wildman–Crippen LogP) is 2.25. The zero-order valence-corrected chi connectivity index (χ0v) is 14.1. The Hall–Kier alpha value is -1.59. The maximum Gasteiger partial charge on any atom is 0.306 e. The molecule has 5 heteroatoms. The topological polar surface area (TPSA) is 59.6 Å². The van der Waals surface area contributed by atoms with E-state index in [0.29, 0.717) is 25.0 Å². The largest absolute Gasteiger partial charge is 0.497 e. The lowest BCUT2D eigenvalue weighted by atomic mass is 9.90. The Morgan fingerprint density at radius 1 is 1.09 bits per heavy atom. The number of esters is 1. The molecule has 1 saturated carbocycles. The van der Waals surface area contributed by atoms with Crippen LogP contribution in [0, 0.1) is 0 Å². The first-order valence-corrected chi connectivity index (χ1v) is 8.39. The van der Waals surface area contributed by atoms with E-state index in [-0.39, 0.29) is 5.97 Å². The molecular formula is C18H28N2O3. The first kappa shape index (κ1) is 17.8. The van der Waals surface area contributed by atoms with Gasteiger partial charge in [-0.1, -0.05) is 25.0 Å². The van der Waals surface area contributed by atoms with Crippen LogP contribution in [-0.2, 0) is 16.1 Å². The number of carbonyl (C=O) groups is 1. The molecule has 0 bridgehead atoms. The van der Waals surface area contributed by atoms with E-state index in [1.54, 1.807) is 7.11 Å². The first-order valence-electron chi connectivity index (χ1n) is 8.39. The molecule has 0 spiro atoms. The van der Waals surface area contributed by atoms with Gasteiger partial charge in [0, 0.05) is 25.2 Å². The van der Waals surface area contributed by atoms with Gasteiger partial charge >= 0.3 is 5.97 Å². The summed E-state index contributed by atoms with van der Waals surface area (Å²) in [5, 5.41) is 7.17. The lowest BCUT2D eigenvalue weighted by Crippen LogP contribution is -2.50. The van der Waals surface area contributed by atoms with Crippen LogP contribution < -0.4 is 15.4 Å². The van der Waals surface area contributed by atoms with E-state index in [9.17, 15) is 4.79 Å². The van der Waals surface area contributed by atoms with Crippen molar-refractivity contribution in [2.75, 3.05) is 20.8 Å². The number of methoxy groups -OCH3 is 2. The van der Waals surface area contributed by atoms with Crippen LogP contribution in [0.15, 0.2) is 24.3 Å². The van der Waals surface area contributed by atoms with Crippen molar-refractivity contribution in [2.24, 2.45) is 0 Å². The van der Waals surface area contributed by atoms with Crippen LogP contribution in [0.5, 0.6) is 5.75 Å². The highest BCUT2D eigenvalue weighted by Gasteiger charge is 2.24. The summed E-state index contributed by atoms with van der Waals surface area (Å²) in [4.78, 5) is 11.2. The van der Waals surface area contributed by atoms with Gasteiger partial charge < -0.3 is 20.1 Å². The fourth-order valence-corrected chi connectivity index (χ4v) is 3.07. The van der Waals surface area contributed by atoms with E-state index in [0.717, 1.165) is 18.7 Å². The summed E-state index contributed by atoms with van der Waals surface area (Å²) in [5.74, 6) is 0.727. The van der Waals surface area contributed by atoms with E-state index in [1.807, 2.05) is 12.1 Å². The van der Waals surface area contributed by atoms with Crippen LogP contribution in [-0.4, -0.2) is 38.8 Å². The van der Waals surface area contributed by atoms with Crippen LogP contribution in [0.2, 0.25) is 0 Å². The molecule has 1 aromatic carbocycles. The van der Waals surface area contributed by atoms with Gasteiger partial charge in [-0.2, -0.15) is 0 Å². The summed E-state index contributed by atoms with van der Waals surface area (Å²) in [6, 6.07) is 9.03. The first-order chi connectivity index (χ1) is 11.2. The fraction of sp³-hybridized carbons (Fsp3) is 0.611. The molecule has 1 aliphatic rings. The summed E-state index contributed by atoms with van der Waals surface area (Å²) in [6.07, 6.45) is 5.26. The molecular weight excluding hydrogens is 292 g/mol. The number of nitrogens with one attached hydrogen (secondary N) is 2. The summed E-state index contributed by atoms with van der Waals surface area (Å²) in [7, 11) is 3.11. The second-order valence-corrected chi connectivity index (χ2v) is 6.01. The van der Waals surface area contributed by atoms with Gasteiger partial charge in [-0.15, -0.1) is 0 Å². The van der Waals surface area contributed by atoms with Gasteiger partial charge in [0.1, 0.15) is 5.75 Å². The van der Waals surface area contributed by atoms with Crippen molar-refractivity contribution in [3.8, 4) is 5.75 Å². The van der Waals surface area contributed by atoms with Crippen molar-refractivity contribution in [3.63, 3.8) is 0 Å². The Morgan fingerprint density at radius 3 is 2.35 bits per heavy atom. The highest BCUT2D eigenvalue weighted by atomic mass is 16.5. The number of ether oxygens (including phenoxy) is 2. The molecule has 1 aliphatic carbocycles. The molecule has 0 radical (unpaired) electrons. The number of rotatable bonds is 8. The smallest absolute Gasteiger partial charge is 0.306 e. The van der Waals surface area contributed by atoms with E-state index in [2.05, 4.69) is 27.5 Å². The standard InChI is InChI=1S/C18H28N2O3/c1-22-15-9-7-14(8-10-15)13-20-17-6-4-3-5-16(17)19-12-11-18(21)23-2/h7-10,16-17,19-20H,3-6,11-13H2,1-2H3/t16-,17-/m1/s1. The molecule has 5 nitrogen and oxygen atoms in total. The number of carbonyl (C=O) groups excluding carboxylic acids is 1. The number of benzene rings is 1. The fourth-order valence-electron chi connectivity index (χ4n) is 3.07. The van der Waals surface area contributed by atoms with Gasteiger partial charge in [-0.3, -0.25) is 4.79 Å². The molecule has 2 atom stereocenters. The summed E-state index contributed by atoms with van der Waals surface area (Å²) in [5.41, 5.74) is 1.25. The minimum Gasteiger partial charge on any atom is -0.497 e. The van der Waals surface area contributed by atoms with Crippen molar-refractivity contribution in [1.29, 1.82) is 0 Å². The maximum absolute atomic E-state index is 11.2. The molecule has 1 aromatic rings. The zero-order chi connectivity index (χ0) is 16.5. The Bertz CT molecular complexity index is 476. The van der Waals surface area contributed by atoms with Gasteiger partial charge in [0.05, 0.1) is 20.6 Å². The maximum atomic E-state index is 11.2. The molecule has 0 heterocycles. The lowest BCUT2D eigenvalue weighted by Gasteiger charge is -2.33. The van der Waals surface area contributed by atoms with Crippen LogP contribution in [0.3, 0.4) is 0 Å². The number of hydrogen-bond acceptors (Lipinski definition) is 5. The third kappa shape index (κ3) is 5.84. The molecule has 0 aliphatic heterocycles. The minimum absolute atomic E-state index is 0.156. The summed E-state index contributed by atoms with van der Waals surface area (Å²) in [6.45, 7) is 1.53. The molecule has 128 valence electrons. The van der Waals surface area contributed by atoms with Crippen molar-refractivity contribution in [3.05, 3.63) is 29.8 Å². The Kier molecular flexibility index (Phi) is 7.36. The zero-order valence-electron chi connectivity index (χ0n) is 14.1. The highest BCUT2D eigenvalue weighted by molar-refractivity contribution is 5.69. The van der Waals surface area contributed by atoms with Gasteiger partial charge in [0.15, 0.2) is 0 Å². The highest BCUT2D eigenvalue weighted by Crippen LogP contribution is 2.19. The molecule has 23 heavy (non-hydrogen) atoms. The molecule has 0 saturated heterocycles. The van der Waals surface area contributed by atoms with Crippen LogP contribution in [0.25, 0.3) is 0 Å². The molecule has 1 fully saturated rings. The van der Waals surface area contributed by atoms with Gasteiger partial charge in [0.25, 0.3) is 0 Å². The van der Waals surface area contributed by atoms with E-state index >= 15 is 0 Å². The van der Waals surface area contributed by atoms with Crippen molar-refractivity contribution >= 4 is 5.97 Å². The molecule has 2 rings (SSSR count). The van der Waals surface area contributed by atoms with Crippen molar-refractivity contribution in [2.45, 2.75) is 50.7 Å². The molecule has 0 unspecified atom stereocenters. The summed E-state index contributed by atoms with van der Waals surface area (Å²) >= 11 is 0. The average Bonchev–Trinajstić information content (AvgIpc) is 2.61. The van der Waals surface area contributed by atoms with E-state index < -0.39 is 0 Å². The van der Waals surface area contributed by atoms with Gasteiger partial charge in [-0.05, 0) is 30.5 Å². The summed E-state index contributed by atoms with van der Waals surface area (Å²) < 4.78 is 9.87. The Balaban J connectivity index is 1.79. The van der Waals surface area contributed by atoms with Gasteiger partial charge in [-0.25, -0.2) is 0 Å². The molecule has 2 N–H and O–H groups in total. The normalized spacial score (nSPS) is 21.0. The second-order valence-electron chi connectivity index (χ2n) is 6.01. The molecule has 0 aromatic heterocycles. The molecule has 0 amide bonds. The third-order valence-corrected chi connectivity index (χ3v) is 4.46. The monoisotopic (exact) mass is 320 g/mol. The Morgan fingerprint density at radius 2 is 1.74 bits per heavy atom. The predicted molar refractivity (Wildman–Crippen MR) is 90.5 cm³/mol. The SMILES string of the molecule is COC(=O)CCN[C@@H]1CCCC[C@H]1NCc1ccc(OC)cc1. The van der Waals surface area contributed by atoms with Crippen LogP contribution in [0.1, 0.15) is 37.7 Å². The lowest BCUT2D eigenvalue weighted by molar-refractivity contribution is -0.140. The van der Waals surface area contributed by atoms with E-state index in [4.69, 9.17) is 4.74 Å². The Labute approximate surface area is 138 Å². The second kappa shape index (κ2) is 9.53. The number of hydrogen-bond donors (Lipinski definition) is 2. The van der Waals surface area contributed by atoms with Gasteiger partial charge in [0.2, 0.25) is 0 Å². The van der Waals surface area contributed by atoms with E-state index in [1.165, 1.54) is 31.9 Å². The average molecular weight is 320 g/mol. The third-order valence-electron chi connectivity index (χ3n) is 4.46.